The SMILES string of the molecule is CCCC[C@H](/C=C/[C@@H](COCOC)C(C)C)NC(=O)C(Cl)(Cl)Cl. The van der Waals surface area contributed by atoms with Gasteiger partial charge in [0.05, 0.1) is 6.61 Å². The minimum absolute atomic E-state index is 0.165. The van der Waals surface area contributed by atoms with Crippen LogP contribution in [0.3, 0.4) is 0 Å². The van der Waals surface area contributed by atoms with E-state index in [2.05, 4.69) is 32.2 Å². The molecule has 0 unspecified atom stereocenters. The summed E-state index contributed by atoms with van der Waals surface area (Å²) in [5, 5.41) is 2.77. The van der Waals surface area contributed by atoms with E-state index in [1.807, 2.05) is 6.08 Å². The average Bonchev–Trinajstić information content (AvgIpc) is 2.46. The van der Waals surface area contributed by atoms with Gasteiger partial charge in [-0.25, -0.2) is 0 Å². The van der Waals surface area contributed by atoms with E-state index in [1.165, 1.54) is 0 Å². The fraction of sp³-hybridized carbons (Fsp3) is 0.812. The number of amides is 1. The standard InChI is InChI=1S/C16H28Cl3NO3/c1-5-6-7-14(20-15(21)16(17,18)19)9-8-13(12(2)3)10-23-11-22-4/h8-9,12-14H,5-7,10-11H2,1-4H3,(H,20,21)/b9-8+/t13-,14+/m0/s1. The lowest BCUT2D eigenvalue weighted by Crippen LogP contribution is -2.41. The molecule has 1 N–H and O–H groups in total. The molecule has 0 fully saturated rings. The minimum atomic E-state index is -1.95. The monoisotopic (exact) mass is 387 g/mol. The maximum Gasteiger partial charge on any atom is 0.272 e. The largest absolute Gasteiger partial charge is 0.359 e. The van der Waals surface area contributed by atoms with E-state index in [9.17, 15) is 4.79 Å². The van der Waals surface area contributed by atoms with Crippen LogP contribution in [0.15, 0.2) is 12.2 Å². The van der Waals surface area contributed by atoms with E-state index in [-0.39, 0.29) is 18.8 Å². The van der Waals surface area contributed by atoms with Crippen molar-refractivity contribution in [3.05, 3.63) is 12.2 Å². The predicted octanol–water partition coefficient (Wildman–Crippen LogP) is 4.48. The van der Waals surface area contributed by atoms with Gasteiger partial charge in [-0.3, -0.25) is 4.79 Å². The maximum absolute atomic E-state index is 11.8. The lowest BCUT2D eigenvalue weighted by Gasteiger charge is -2.21. The van der Waals surface area contributed by atoms with Gasteiger partial charge in [-0.15, -0.1) is 0 Å². The molecular formula is C16H28Cl3NO3. The van der Waals surface area contributed by atoms with E-state index in [0.29, 0.717) is 12.5 Å². The number of unbranched alkanes of at least 4 members (excludes halogenated alkanes) is 1. The number of ether oxygens (including phenoxy) is 2. The summed E-state index contributed by atoms with van der Waals surface area (Å²) in [6, 6.07) is -0.165. The summed E-state index contributed by atoms with van der Waals surface area (Å²) in [6.45, 7) is 7.15. The van der Waals surface area contributed by atoms with Gasteiger partial charge in [-0.05, 0) is 12.3 Å². The number of nitrogens with one attached hydrogen (secondary N) is 1. The van der Waals surface area contributed by atoms with Crippen molar-refractivity contribution in [1.82, 2.24) is 5.32 Å². The molecule has 7 heteroatoms. The molecule has 2 atom stereocenters. The Labute approximate surface area is 154 Å². The predicted molar refractivity (Wildman–Crippen MR) is 97.0 cm³/mol. The first-order valence-corrected chi connectivity index (χ1v) is 8.98. The number of hydrogen-bond donors (Lipinski definition) is 1. The molecule has 1 amide bonds. The zero-order valence-corrected chi connectivity index (χ0v) is 16.5. The average molecular weight is 389 g/mol. The molecule has 0 spiro atoms. The van der Waals surface area contributed by atoms with Crippen LogP contribution in [0.1, 0.15) is 40.0 Å². The summed E-state index contributed by atoms with van der Waals surface area (Å²) < 4.78 is 8.38. The Morgan fingerprint density at radius 1 is 1.26 bits per heavy atom. The molecule has 0 saturated heterocycles. The third kappa shape index (κ3) is 11.2. The molecule has 0 aromatic heterocycles. The quantitative estimate of drug-likeness (QED) is 0.246. The summed E-state index contributed by atoms with van der Waals surface area (Å²) in [6.07, 6.45) is 6.81. The summed E-state index contributed by atoms with van der Waals surface area (Å²) in [4.78, 5) is 11.8. The number of carbonyl (C=O) groups excluding carboxylic acids is 1. The van der Waals surface area contributed by atoms with Crippen molar-refractivity contribution < 1.29 is 14.3 Å². The number of alkyl halides is 3. The molecule has 4 nitrogen and oxygen atoms in total. The first-order valence-electron chi connectivity index (χ1n) is 7.85. The highest BCUT2D eigenvalue weighted by atomic mass is 35.6. The molecule has 136 valence electrons. The van der Waals surface area contributed by atoms with Crippen LogP contribution >= 0.6 is 34.8 Å². The second kappa shape index (κ2) is 12.4. The Bertz CT molecular complexity index is 357. The Hall–Kier alpha value is -0.000000000000000111. The van der Waals surface area contributed by atoms with E-state index in [0.717, 1.165) is 19.3 Å². The van der Waals surface area contributed by atoms with Gasteiger partial charge in [0.1, 0.15) is 6.79 Å². The lowest BCUT2D eigenvalue weighted by molar-refractivity contribution is -0.120. The van der Waals surface area contributed by atoms with Gasteiger partial charge < -0.3 is 14.8 Å². The van der Waals surface area contributed by atoms with Gasteiger partial charge in [0, 0.05) is 19.1 Å². The van der Waals surface area contributed by atoms with Crippen molar-refractivity contribution in [1.29, 1.82) is 0 Å². The van der Waals surface area contributed by atoms with E-state index in [1.54, 1.807) is 7.11 Å². The van der Waals surface area contributed by atoms with Crippen molar-refractivity contribution in [2.75, 3.05) is 20.5 Å². The lowest BCUT2D eigenvalue weighted by atomic mass is 9.95. The van der Waals surface area contributed by atoms with E-state index in [4.69, 9.17) is 44.3 Å². The minimum Gasteiger partial charge on any atom is -0.359 e. The molecule has 23 heavy (non-hydrogen) atoms. The topological polar surface area (TPSA) is 47.6 Å². The van der Waals surface area contributed by atoms with Crippen molar-refractivity contribution in [2.24, 2.45) is 11.8 Å². The highest BCUT2D eigenvalue weighted by molar-refractivity contribution is 6.76. The van der Waals surface area contributed by atoms with Gasteiger partial charge in [-0.2, -0.15) is 0 Å². The molecule has 0 saturated carbocycles. The second-order valence-electron chi connectivity index (χ2n) is 5.79. The van der Waals surface area contributed by atoms with Crippen LogP contribution in [0, 0.1) is 11.8 Å². The number of methoxy groups -OCH3 is 1. The Morgan fingerprint density at radius 2 is 1.91 bits per heavy atom. The maximum atomic E-state index is 11.8. The van der Waals surface area contributed by atoms with Crippen molar-refractivity contribution in [2.45, 2.75) is 49.9 Å². The Morgan fingerprint density at radius 3 is 2.39 bits per heavy atom. The van der Waals surface area contributed by atoms with Gasteiger partial charge in [0.25, 0.3) is 9.70 Å². The molecule has 0 aliphatic heterocycles. The van der Waals surface area contributed by atoms with E-state index < -0.39 is 9.70 Å². The summed E-state index contributed by atoms with van der Waals surface area (Å²) >= 11 is 16.9. The molecule has 0 aliphatic rings. The zero-order chi connectivity index (χ0) is 17.9. The third-order valence-corrected chi connectivity index (χ3v) is 3.92. The molecule has 0 rings (SSSR count). The van der Waals surface area contributed by atoms with Crippen molar-refractivity contribution >= 4 is 40.7 Å². The smallest absolute Gasteiger partial charge is 0.272 e. The summed E-state index contributed by atoms with van der Waals surface area (Å²) in [5.41, 5.74) is 0. The number of halogens is 3. The second-order valence-corrected chi connectivity index (χ2v) is 8.07. The van der Waals surface area contributed by atoms with Crippen LogP contribution in [-0.2, 0) is 14.3 Å². The van der Waals surface area contributed by atoms with Crippen LogP contribution < -0.4 is 5.32 Å². The number of hydrogen-bond acceptors (Lipinski definition) is 3. The molecule has 0 aromatic carbocycles. The number of carbonyl (C=O) groups is 1. The molecule has 0 aromatic rings. The van der Waals surface area contributed by atoms with Gasteiger partial charge in [0.2, 0.25) is 0 Å². The van der Waals surface area contributed by atoms with Gasteiger partial charge in [0.15, 0.2) is 0 Å². The first kappa shape index (κ1) is 23.0. The van der Waals surface area contributed by atoms with Crippen LogP contribution in [0.4, 0.5) is 0 Å². The van der Waals surface area contributed by atoms with Crippen LogP contribution in [0.2, 0.25) is 0 Å². The van der Waals surface area contributed by atoms with Gasteiger partial charge in [-0.1, -0.05) is 80.6 Å². The van der Waals surface area contributed by atoms with E-state index >= 15 is 0 Å². The highest BCUT2D eigenvalue weighted by Crippen LogP contribution is 2.26. The highest BCUT2D eigenvalue weighted by Gasteiger charge is 2.31. The zero-order valence-electron chi connectivity index (χ0n) is 14.3. The Kier molecular flexibility index (Phi) is 12.4. The van der Waals surface area contributed by atoms with Gasteiger partial charge >= 0.3 is 0 Å². The van der Waals surface area contributed by atoms with Crippen LogP contribution in [0.5, 0.6) is 0 Å². The summed E-state index contributed by atoms with van der Waals surface area (Å²) in [7, 11) is 1.59. The molecule has 0 bridgehead atoms. The van der Waals surface area contributed by atoms with Crippen LogP contribution in [-0.4, -0.2) is 36.3 Å². The molecule has 0 aliphatic carbocycles. The Balaban J connectivity index is 4.77. The fourth-order valence-electron chi connectivity index (χ4n) is 1.91. The summed E-state index contributed by atoms with van der Waals surface area (Å²) in [5.74, 6) is 0.0164. The van der Waals surface area contributed by atoms with Crippen LogP contribution in [0.25, 0.3) is 0 Å². The molecule has 0 heterocycles. The van der Waals surface area contributed by atoms with Crippen molar-refractivity contribution in [3.63, 3.8) is 0 Å². The van der Waals surface area contributed by atoms with Crippen molar-refractivity contribution in [3.8, 4) is 0 Å². The first-order chi connectivity index (χ1) is 10.7. The normalized spacial score (nSPS) is 15.1. The molecule has 0 radical (unpaired) electrons. The fourth-order valence-corrected chi connectivity index (χ4v) is 2.07. The molecular weight excluding hydrogens is 361 g/mol. The third-order valence-electron chi connectivity index (χ3n) is 3.40. The number of rotatable bonds is 11.